The summed E-state index contributed by atoms with van der Waals surface area (Å²) in [5.74, 6) is 0.649. The van der Waals surface area contributed by atoms with E-state index in [2.05, 4.69) is 17.2 Å². The van der Waals surface area contributed by atoms with Crippen LogP contribution in [0.1, 0.15) is 25.2 Å². The lowest BCUT2D eigenvalue weighted by Crippen LogP contribution is -2.17. The van der Waals surface area contributed by atoms with Crippen LogP contribution in [0, 0.1) is 0 Å². The van der Waals surface area contributed by atoms with Gasteiger partial charge < -0.3 is 5.11 Å². The Labute approximate surface area is 135 Å². The number of aryl methyl sites for hydroxylation is 2. The Morgan fingerprint density at radius 1 is 1.29 bits per heavy atom. The summed E-state index contributed by atoms with van der Waals surface area (Å²) in [7, 11) is 0. The Morgan fingerprint density at radius 2 is 2.00 bits per heavy atom. The third-order valence-electron chi connectivity index (χ3n) is 3.31. The zero-order valence-electron chi connectivity index (χ0n) is 12.4. The van der Waals surface area contributed by atoms with Gasteiger partial charge in [-0.2, -0.15) is 5.10 Å². The zero-order chi connectivity index (χ0) is 15.2. The maximum atomic E-state index is 10.3. The molecule has 3 nitrogen and oxygen atoms in total. The molecule has 1 heterocycles. The van der Waals surface area contributed by atoms with Gasteiger partial charge in [-0.3, -0.25) is 4.68 Å². The first kappa shape index (κ1) is 16.4. The van der Waals surface area contributed by atoms with Gasteiger partial charge in [0.2, 0.25) is 0 Å². The molecule has 1 aromatic carbocycles. The van der Waals surface area contributed by atoms with Crippen molar-refractivity contribution >= 4 is 23.4 Å². The summed E-state index contributed by atoms with van der Waals surface area (Å²) < 4.78 is 1.90. The van der Waals surface area contributed by atoms with Gasteiger partial charge >= 0.3 is 0 Å². The van der Waals surface area contributed by atoms with Gasteiger partial charge in [0.1, 0.15) is 0 Å². The second-order valence-corrected chi connectivity index (χ2v) is 6.33. The van der Waals surface area contributed by atoms with E-state index in [0.29, 0.717) is 17.2 Å². The van der Waals surface area contributed by atoms with Crippen molar-refractivity contribution in [3.8, 4) is 0 Å². The quantitative estimate of drug-likeness (QED) is 0.787. The van der Waals surface area contributed by atoms with Crippen LogP contribution < -0.4 is 0 Å². The van der Waals surface area contributed by atoms with Gasteiger partial charge in [-0.25, -0.2) is 0 Å². The molecule has 1 unspecified atom stereocenters. The first-order valence-corrected chi connectivity index (χ1v) is 8.62. The Balaban J connectivity index is 1.99. The van der Waals surface area contributed by atoms with Crippen LogP contribution in [0.15, 0.2) is 35.2 Å². The molecule has 1 atom stereocenters. The number of nitrogens with zero attached hydrogens (tertiary/aromatic N) is 2. The number of hydrogen-bond donors (Lipinski definition) is 1. The third-order valence-corrected chi connectivity index (χ3v) is 4.90. The summed E-state index contributed by atoms with van der Waals surface area (Å²) in [6, 6.07) is 10.1. The summed E-state index contributed by atoms with van der Waals surface area (Å²) in [6.07, 6.45) is 0.923. The number of aliphatic hydroxyl groups is 1. The summed E-state index contributed by atoms with van der Waals surface area (Å²) in [5, 5.41) is 15.5. The molecule has 0 bridgehead atoms. The maximum Gasteiger partial charge on any atom is 0.0850 e. The van der Waals surface area contributed by atoms with Crippen molar-refractivity contribution in [1.29, 1.82) is 0 Å². The highest BCUT2D eigenvalue weighted by Gasteiger charge is 2.17. The Kier molecular flexibility index (Phi) is 6.15. The van der Waals surface area contributed by atoms with E-state index >= 15 is 0 Å². The van der Waals surface area contributed by atoms with E-state index in [1.54, 1.807) is 11.8 Å². The standard InChI is InChI=1S/C16H21ClN2OS/c1-3-14-16(17)15(19(4-2)18-14)10-12(20)11-21-13-8-6-5-7-9-13/h5-9,12,20H,3-4,10-11H2,1-2H3. The molecule has 0 aliphatic carbocycles. The number of benzene rings is 1. The van der Waals surface area contributed by atoms with Gasteiger partial charge in [0.25, 0.3) is 0 Å². The fourth-order valence-electron chi connectivity index (χ4n) is 2.20. The number of aliphatic hydroxyl groups excluding tert-OH is 1. The van der Waals surface area contributed by atoms with E-state index in [0.717, 1.165) is 24.4 Å². The van der Waals surface area contributed by atoms with Crippen LogP contribution in [0.3, 0.4) is 0 Å². The van der Waals surface area contributed by atoms with Gasteiger partial charge in [0.15, 0.2) is 0 Å². The van der Waals surface area contributed by atoms with Crippen LogP contribution in [-0.4, -0.2) is 26.7 Å². The second-order valence-electron chi connectivity index (χ2n) is 4.86. The molecule has 0 fully saturated rings. The van der Waals surface area contributed by atoms with Crippen molar-refractivity contribution in [2.75, 3.05) is 5.75 Å². The molecule has 0 radical (unpaired) electrons. The third kappa shape index (κ3) is 4.25. The highest BCUT2D eigenvalue weighted by molar-refractivity contribution is 7.99. The zero-order valence-corrected chi connectivity index (χ0v) is 14.0. The molecular formula is C16H21ClN2OS. The lowest BCUT2D eigenvalue weighted by molar-refractivity contribution is 0.197. The molecule has 21 heavy (non-hydrogen) atoms. The Morgan fingerprint density at radius 3 is 2.62 bits per heavy atom. The summed E-state index contributed by atoms with van der Waals surface area (Å²) in [6.45, 7) is 4.85. The van der Waals surface area contributed by atoms with Gasteiger partial charge in [0, 0.05) is 23.6 Å². The van der Waals surface area contributed by atoms with Crippen molar-refractivity contribution in [3.63, 3.8) is 0 Å². The van der Waals surface area contributed by atoms with Gasteiger partial charge in [-0.05, 0) is 25.5 Å². The minimum atomic E-state index is -0.431. The fraction of sp³-hybridized carbons (Fsp3) is 0.438. The van der Waals surface area contributed by atoms with Crippen LogP contribution in [0.2, 0.25) is 5.02 Å². The lowest BCUT2D eigenvalue weighted by Gasteiger charge is -2.12. The molecule has 114 valence electrons. The average molecular weight is 325 g/mol. The van der Waals surface area contributed by atoms with Crippen LogP contribution in [0.25, 0.3) is 0 Å². The molecular weight excluding hydrogens is 304 g/mol. The van der Waals surface area contributed by atoms with Crippen LogP contribution in [0.4, 0.5) is 0 Å². The molecule has 0 amide bonds. The Hall–Kier alpha value is -0.970. The van der Waals surface area contributed by atoms with Crippen molar-refractivity contribution in [1.82, 2.24) is 9.78 Å². The maximum absolute atomic E-state index is 10.3. The molecule has 0 aliphatic rings. The molecule has 0 saturated carbocycles. The fourth-order valence-corrected chi connectivity index (χ4v) is 3.40. The molecule has 5 heteroatoms. The van der Waals surface area contributed by atoms with Gasteiger partial charge in [-0.15, -0.1) is 11.8 Å². The highest BCUT2D eigenvalue weighted by Crippen LogP contribution is 2.25. The number of hydrogen-bond acceptors (Lipinski definition) is 3. The van der Waals surface area contributed by atoms with E-state index in [1.807, 2.05) is 36.7 Å². The molecule has 2 rings (SSSR count). The summed E-state index contributed by atoms with van der Waals surface area (Å²) in [5.41, 5.74) is 1.86. The van der Waals surface area contributed by atoms with E-state index in [1.165, 1.54) is 4.90 Å². The lowest BCUT2D eigenvalue weighted by atomic mass is 10.2. The van der Waals surface area contributed by atoms with E-state index in [-0.39, 0.29) is 0 Å². The minimum Gasteiger partial charge on any atom is -0.392 e. The topological polar surface area (TPSA) is 38.0 Å². The van der Waals surface area contributed by atoms with E-state index in [9.17, 15) is 5.11 Å². The summed E-state index contributed by atoms with van der Waals surface area (Å²) >= 11 is 8.03. The molecule has 1 N–H and O–H groups in total. The number of halogens is 1. The van der Waals surface area contributed by atoms with Gasteiger partial charge in [-0.1, -0.05) is 36.7 Å². The molecule has 1 aromatic heterocycles. The molecule has 0 spiro atoms. The average Bonchev–Trinajstić information content (AvgIpc) is 2.82. The number of aromatic nitrogens is 2. The minimum absolute atomic E-state index is 0.431. The van der Waals surface area contributed by atoms with Gasteiger partial charge in [0.05, 0.1) is 22.5 Å². The van der Waals surface area contributed by atoms with Crippen molar-refractivity contribution in [2.24, 2.45) is 0 Å². The van der Waals surface area contributed by atoms with Crippen LogP contribution >= 0.6 is 23.4 Å². The van der Waals surface area contributed by atoms with Crippen molar-refractivity contribution < 1.29 is 5.11 Å². The monoisotopic (exact) mass is 324 g/mol. The van der Waals surface area contributed by atoms with E-state index in [4.69, 9.17) is 11.6 Å². The smallest absolute Gasteiger partial charge is 0.0850 e. The SMILES string of the molecule is CCc1nn(CC)c(CC(O)CSc2ccccc2)c1Cl. The number of thioether (sulfide) groups is 1. The largest absolute Gasteiger partial charge is 0.392 e. The molecule has 0 aliphatic heterocycles. The normalized spacial score (nSPS) is 12.6. The summed E-state index contributed by atoms with van der Waals surface area (Å²) in [4.78, 5) is 1.17. The van der Waals surface area contributed by atoms with Crippen LogP contribution in [-0.2, 0) is 19.4 Å². The molecule has 2 aromatic rings. The van der Waals surface area contributed by atoms with Crippen LogP contribution in [0.5, 0.6) is 0 Å². The number of rotatable bonds is 7. The first-order valence-electron chi connectivity index (χ1n) is 7.25. The molecule has 0 saturated heterocycles. The predicted molar refractivity (Wildman–Crippen MR) is 89.2 cm³/mol. The van der Waals surface area contributed by atoms with Crippen molar-refractivity contribution in [3.05, 3.63) is 46.7 Å². The second kappa shape index (κ2) is 7.87. The highest BCUT2D eigenvalue weighted by atomic mass is 35.5. The van der Waals surface area contributed by atoms with E-state index < -0.39 is 6.10 Å². The first-order chi connectivity index (χ1) is 10.2. The van der Waals surface area contributed by atoms with Crippen molar-refractivity contribution in [2.45, 2.75) is 44.2 Å². The predicted octanol–water partition coefficient (Wildman–Crippen LogP) is 3.81. The Bertz CT molecular complexity index is 571.